The molecule has 0 radical (unpaired) electrons. The van der Waals surface area contributed by atoms with Gasteiger partial charge in [0, 0.05) is 24.9 Å². The molecule has 2 aliphatic heterocycles. The molecular weight excluding hydrogens is 515 g/mol. The quantitative estimate of drug-likeness (QED) is 0.430. The number of nitrogens with two attached hydrogens (primary N) is 1. The van der Waals surface area contributed by atoms with Crippen LogP contribution in [0.3, 0.4) is 0 Å². The first-order chi connectivity index (χ1) is 18.1. The van der Waals surface area contributed by atoms with E-state index in [2.05, 4.69) is 17.5 Å². The van der Waals surface area contributed by atoms with Crippen LogP contribution in [-0.2, 0) is 19.2 Å². The van der Waals surface area contributed by atoms with Gasteiger partial charge >= 0.3 is 12.1 Å². The molecule has 0 aromatic carbocycles. The monoisotopic (exact) mass is 549 g/mol. The summed E-state index contributed by atoms with van der Waals surface area (Å²) < 4.78 is 39.8. The molecule has 4 N–H and O–H groups in total. The molecule has 2 saturated carbocycles. The highest BCUT2D eigenvalue weighted by atomic mass is 19.4. The Hall–Kier alpha value is -3.10. The SMILES string of the molecule is CC(C)(C)[C@H](NC(=O)C(F)(F)F)C(=O)N1CC2C3C=CC(C4CC34)C2C1(C(N)=O)[C@@H](C#N)C[C@H]1CCNC1=O. The van der Waals surface area contributed by atoms with Crippen molar-refractivity contribution in [3.05, 3.63) is 12.2 Å². The van der Waals surface area contributed by atoms with Gasteiger partial charge in [-0.05, 0) is 54.3 Å². The molecule has 2 heterocycles. The lowest BCUT2D eigenvalue weighted by molar-refractivity contribution is -0.176. The van der Waals surface area contributed by atoms with Crippen molar-refractivity contribution in [2.45, 2.75) is 57.8 Å². The Morgan fingerprint density at radius 3 is 2.38 bits per heavy atom. The van der Waals surface area contributed by atoms with Crippen molar-refractivity contribution in [2.75, 3.05) is 13.1 Å². The largest absolute Gasteiger partial charge is 0.471 e. The topological polar surface area (TPSA) is 145 Å². The number of carbonyl (C=O) groups is 4. The second-order valence-electron chi connectivity index (χ2n) is 12.9. The maximum Gasteiger partial charge on any atom is 0.471 e. The molecule has 212 valence electrons. The molecule has 4 aliphatic carbocycles. The first-order valence-corrected chi connectivity index (χ1v) is 13.5. The lowest BCUT2D eigenvalue weighted by Crippen LogP contribution is -2.69. The summed E-state index contributed by atoms with van der Waals surface area (Å²) in [5.41, 5.74) is 3.14. The fourth-order valence-electron chi connectivity index (χ4n) is 8.10. The molecule has 0 aromatic rings. The average molecular weight is 550 g/mol. The molecule has 0 spiro atoms. The number of nitrogens with one attached hydrogen (secondary N) is 2. The maximum absolute atomic E-state index is 14.3. The van der Waals surface area contributed by atoms with Crippen LogP contribution in [-0.4, -0.2) is 59.4 Å². The summed E-state index contributed by atoms with van der Waals surface area (Å²) in [5, 5.41) is 15.1. The van der Waals surface area contributed by atoms with Gasteiger partial charge in [0.25, 0.3) is 0 Å². The van der Waals surface area contributed by atoms with E-state index < -0.39 is 58.6 Å². The number of hydrogen-bond donors (Lipinski definition) is 3. The molecule has 2 saturated heterocycles. The van der Waals surface area contributed by atoms with Crippen LogP contribution in [0.5, 0.6) is 0 Å². The predicted molar refractivity (Wildman–Crippen MR) is 131 cm³/mol. The third-order valence-corrected chi connectivity index (χ3v) is 9.83. The van der Waals surface area contributed by atoms with E-state index >= 15 is 0 Å². The van der Waals surface area contributed by atoms with Crippen LogP contribution in [0.25, 0.3) is 0 Å². The average Bonchev–Trinajstić information content (AvgIpc) is 3.45. The number of halogens is 3. The number of nitrogens with zero attached hydrogens (tertiary/aromatic N) is 2. The van der Waals surface area contributed by atoms with Crippen molar-refractivity contribution in [3.8, 4) is 6.07 Å². The van der Waals surface area contributed by atoms with Crippen molar-refractivity contribution in [3.63, 3.8) is 0 Å². The van der Waals surface area contributed by atoms with Crippen molar-refractivity contribution >= 4 is 23.6 Å². The number of primary amides is 1. The summed E-state index contributed by atoms with van der Waals surface area (Å²) in [4.78, 5) is 53.7. The molecule has 2 bridgehead atoms. The van der Waals surface area contributed by atoms with E-state index in [1.165, 1.54) is 25.7 Å². The van der Waals surface area contributed by atoms with Crippen molar-refractivity contribution in [1.29, 1.82) is 5.26 Å². The molecule has 12 heteroatoms. The third-order valence-electron chi connectivity index (χ3n) is 9.83. The number of likely N-dealkylation sites (tertiary alicyclic amines) is 1. The van der Waals surface area contributed by atoms with Gasteiger partial charge in [-0.15, -0.1) is 0 Å². The van der Waals surface area contributed by atoms with Gasteiger partial charge in [0.15, 0.2) is 0 Å². The zero-order chi connectivity index (χ0) is 28.7. The summed E-state index contributed by atoms with van der Waals surface area (Å²) in [7, 11) is 0. The van der Waals surface area contributed by atoms with E-state index in [0.717, 1.165) is 6.42 Å². The fraction of sp³-hybridized carbons (Fsp3) is 0.741. The number of nitriles is 1. The van der Waals surface area contributed by atoms with Crippen molar-refractivity contribution < 1.29 is 32.3 Å². The second kappa shape index (κ2) is 8.96. The van der Waals surface area contributed by atoms with E-state index in [1.807, 2.05) is 11.4 Å². The van der Waals surface area contributed by atoms with Crippen molar-refractivity contribution in [1.82, 2.24) is 15.5 Å². The predicted octanol–water partition coefficient (Wildman–Crippen LogP) is 1.50. The van der Waals surface area contributed by atoms with Gasteiger partial charge in [-0.1, -0.05) is 32.9 Å². The first kappa shape index (κ1) is 27.5. The minimum atomic E-state index is -5.22. The minimum Gasteiger partial charge on any atom is -0.368 e. The molecule has 39 heavy (non-hydrogen) atoms. The molecule has 6 rings (SSSR count). The van der Waals surface area contributed by atoms with Gasteiger partial charge in [0.2, 0.25) is 17.7 Å². The Morgan fingerprint density at radius 2 is 1.85 bits per heavy atom. The van der Waals surface area contributed by atoms with Crippen LogP contribution in [0.2, 0.25) is 0 Å². The summed E-state index contributed by atoms with van der Waals surface area (Å²) in [5.74, 6) is -6.13. The number of rotatable bonds is 6. The highest BCUT2D eigenvalue weighted by Crippen LogP contribution is 2.69. The summed E-state index contributed by atoms with van der Waals surface area (Å²) >= 11 is 0. The molecule has 0 aromatic heterocycles. The minimum absolute atomic E-state index is 0.0113. The highest BCUT2D eigenvalue weighted by Gasteiger charge is 2.73. The van der Waals surface area contributed by atoms with Crippen LogP contribution in [0, 0.1) is 64.1 Å². The molecule has 7 unspecified atom stereocenters. The Labute approximate surface area is 224 Å². The lowest BCUT2D eigenvalue weighted by Gasteiger charge is -2.50. The van der Waals surface area contributed by atoms with Gasteiger partial charge in [-0.25, -0.2) is 0 Å². The maximum atomic E-state index is 14.3. The Balaban J connectivity index is 1.61. The molecule has 6 aliphatic rings. The molecule has 9 nitrogen and oxygen atoms in total. The van der Waals surface area contributed by atoms with E-state index in [-0.39, 0.29) is 42.5 Å². The summed E-state index contributed by atoms with van der Waals surface area (Å²) in [6.45, 7) is 5.02. The summed E-state index contributed by atoms with van der Waals surface area (Å²) in [6, 6.07) is 0.557. The van der Waals surface area contributed by atoms with Crippen LogP contribution in [0.15, 0.2) is 12.2 Å². The summed E-state index contributed by atoms with van der Waals surface area (Å²) in [6.07, 6.45) is 0.318. The van der Waals surface area contributed by atoms with Gasteiger partial charge in [0.1, 0.15) is 11.6 Å². The van der Waals surface area contributed by atoms with Crippen molar-refractivity contribution in [2.24, 2.45) is 58.5 Å². The van der Waals surface area contributed by atoms with E-state index in [9.17, 15) is 37.6 Å². The van der Waals surface area contributed by atoms with Crippen LogP contribution in [0.1, 0.15) is 40.0 Å². The number of carbonyl (C=O) groups excluding carboxylic acids is 4. The first-order valence-electron chi connectivity index (χ1n) is 13.5. The smallest absolute Gasteiger partial charge is 0.368 e. The van der Waals surface area contributed by atoms with Gasteiger partial charge < -0.3 is 21.3 Å². The number of hydrogen-bond acceptors (Lipinski definition) is 5. The third kappa shape index (κ3) is 4.11. The van der Waals surface area contributed by atoms with E-state index in [4.69, 9.17) is 5.73 Å². The van der Waals surface area contributed by atoms with Gasteiger partial charge in [0.05, 0.1) is 12.0 Å². The zero-order valence-electron chi connectivity index (χ0n) is 22.1. The fourth-order valence-corrected chi connectivity index (χ4v) is 8.10. The highest BCUT2D eigenvalue weighted by molar-refractivity contribution is 5.96. The zero-order valence-corrected chi connectivity index (χ0v) is 22.1. The van der Waals surface area contributed by atoms with Crippen LogP contribution >= 0.6 is 0 Å². The lowest BCUT2D eigenvalue weighted by atomic mass is 9.55. The van der Waals surface area contributed by atoms with Crippen LogP contribution in [0.4, 0.5) is 13.2 Å². The van der Waals surface area contributed by atoms with Gasteiger partial charge in [-0.3, -0.25) is 19.2 Å². The standard InChI is InChI=1S/C27H34F3N5O4/c1-25(2,3)20(34-24(39)27(28,29)30)22(37)35-11-18-14-4-5-15(17-9-16(14)17)19(18)26(35,23(32)38)13(10-31)8-12-6-7-33-21(12)36/h4-5,12-20H,6-9,11H2,1-3H3,(H2,32,38)(H,33,36)(H,34,39)/t12-,13-,14?,15?,16?,17?,18?,19?,20-,26?/m1/s1. The molecule has 10 atom stereocenters. The Morgan fingerprint density at radius 1 is 1.21 bits per heavy atom. The molecule has 4 fully saturated rings. The Kier molecular flexibility index (Phi) is 6.31. The van der Waals surface area contributed by atoms with E-state index in [0.29, 0.717) is 18.9 Å². The number of amides is 4. The Bertz CT molecular complexity index is 1170. The van der Waals surface area contributed by atoms with Gasteiger partial charge in [-0.2, -0.15) is 18.4 Å². The van der Waals surface area contributed by atoms with Crippen LogP contribution < -0.4 is 16.4 Å². The van der Waals surface area contributed by atoms with E-state index in [1.54, 1.807) is 0 Å². The number of allylic oxidation sites excluding steroid dienone is 2. The molecular formula is C27H34F3N5O4. The molecule has 4 amide bonds. The normalized spacial score (nSPS) is 37.8. The second-order valence-corrected chi connectivity index (χ2v) is 12.9. The number of alkyl halides is 3.